The Morgan fingerprint density at radius 2 is 1.67 bits per heavy atom. The third-order valence-electron chi connectivity index (χ3n) is 5.98. The summed E-state index contributed by atoms with van der Waals surface area (Å²) in [4.78, 5) is 27.6. The van der Waals surface area contributed by atoms with E-state index in [1.807, 2.05) is 48.5 Å². The SMILES string of the molecule is O=C(O)c1cccnc1SC[C@H]1C[C@@H](c2ccc(CO)cc2)O[C@@H](c2ccc(CNC(=O)C(Cl)(Cl)Cl)cc2)O1. The molecule has 0 saturated carbocycles. The number of amides is 1. The van der Waals surface area contributed by atoms with E-state index in [4.69, 9.17) is 44.3 Å². The Bertz CT molecular complexity index is 1290. The summed E-state index contributed by atoms with van der Waals surface area (Å²) in [5, 5.41) is 21.9. The monoisotopic (exact) mass is 610 g/mol. The van der Waals surface area contributed by atoms with Crippen LogP contribution in [0, 0.1) is 0 Å². The minimum absolute atomic E-state index is 0.0543. The predicted molar refractivity (Wildman–Crippen MR) is 149 cm³/mol. The van der Waals surface area contributed by atoms with Gasteiger partial charge in [0.15, 0.2) is 6.29 Å². The van der Waals surface area contributed by atoms with Crippen molar-refractivity contribution in [2.75, 3.05) is 5.75 Å². The first-order valence-electron chi connectivity index (χ1n) is 11.9. The molecular weight excluding hydrogens is 587 g/mol. The van der Waals surface area contributed by atoms with Crippen molar-refractivity contribution in [2.45, 2.75) is 46.9 Å². The third kappa shape index (κ3) is 8.08. The summed E-state index contributed by atoms with van der Waals surface area (Å²) in [5.41, 5.74) is 3.42. The average molecular weight is 612 g/mol. The van der Waals surface area contributed by atoms with Gasteiger partial charge in [0.1, 0.15) is 5.03 Å². The molecule has 1 fully saturated rings. The average Bonchev–Trinajstić information content (AvgIpc) is 2.94. The summed E-state index contributed by atoms with van der Waals surface area (Å²) < 4.78 is 10.6. The second-order valence-electron chi connectivity index (χ2n) is 8.74. The number of halogens is 3. The molecule has 3 N–H and O–H groups in total. The molecule has 4 rings (SSSR count). The van der Waals surface area contributed by atoms with Gasteiger partial charge in [-0.2, -0.15) is 0 Å². The Balaban J connectivity index is 1.50. The van der Waals surface area contributed by atoms with Crippen molar-refractivity contribution in [3.8, 4) is 0 Å². The second-order valence-corrected chi connectivity index (χ2v) is 12.0. The lowest BCUT2D eigenvalue weighted by Gasteiger charge is -2.36. The van der Waals surface area contributed by atoms with Crippen molar-refractivity contribution in [1.29, 1.82) is 0 Å². The highest BCUT2D eigenvalue weighted by molar-refractivity contribution is 7.99. The number of thioether (sulfide) groups is 1. The normalized spacial score (nSPS) is 19.4. The quantitative estimate of drug-likeness (QED) is 0.212. The van der Waals surface area contributed by atoms with Gasteiger partial charge in [-0.3, -0.25) is 4.79 Å². The van der Waals surface area contributed by atoms with Crippen LogP contribution in [0.1, 0.15) is 51.4 Å². The van der Waals surface area contributed by atoms with E-state index >= 15 is 0 Å². The van der Waals surface area contributed by atoms with E-state index in [-0.39, 0.29) is 30.9 Å². The first-order valence-corrected chi connectivity index (χ1v) is 14.0. The van der Waals surface area contributed by atoms with Crippen molar-refractivity contribution in [3.63, 3.8) is 0 Å². The molecule has 1 aliphatic rings. The number of nitrogens with one attached hydrogen (secondary N) is 1. The molecule has 3 aromatic rings. The Labute approximate surface area is 244 Å². The zero-order valence-corrected chi connectivity index (χ0v) is 23.5. The van der Waals surface area contributed by atoms with E-state index in [1.54, 1.807) is 12.3 Å². The maximum absolute atomic E-state index is 11.8. The predicted octanol–water partition coefficient (Wildman–Crippen LogP) is 5.60. The fourth-order valence-electron chi connectivity index (χ4n) is 3.94. The minimum atomic E-state index is -2.04. The second kappa shape index (κ2) is 13.3. The zero-order valence-electron chi connectivity index (χ0n) is 20.4. The molecule has 2 aromatic carbocycles. The van der Waals surface area contributed by atoms with Crippen molar-refractivity contribution < 1.29 is 29.3 Å². The number of carbonyl (C=O) groups excluding carboxylic acids is 1. The van der Waals surface area contributed by atoms with Crippen LogP contribution in [0.4, 0.5) is 0 Å². The van der Waals surface area contributed by atoms with Gasteiger partial charge in [-0.1, -0.05) is 83.3 Å². The number of carboxylic acids is 1. The van der Waals surface area contributed by atoms with Crippen molar-refractivity contribution in [1.82, 2.24) is 10.3 Å². The Kier molecular flexibility index (Phi) is 10.1. The van der Waals surface area contributed by atoms with Crippen LogP contribution in [0.25, 0.3) is 0 Å². The van der Waals surface area contributed by atoms with Crippen molar-refractivity contribution in [2.24, 2.45) is 0 Å². The summed E-state index contributed by atoms with van der Waals surface area (Å²) in [6.45, 7) is 0.121. The Morgan fingerprint density at radius 3 is 2.31 bits per heavy atom. The van der Waals surface area contributed by atoms with Crippen LogP contribution in [0.3, 0.4) is 0 Å². The van der Waals surface area contributed by atoms with E-state index in [9.17, 15) is 19.8 Å². The number of alkyl halides is 3. The van der Waals surface area contributed by atoms with Crippen LogP contribution in [-0.4, -0.2) is 42.7 Å². The molecule has 0 bridgehead atoms. The van der Waals surface area contributed by atoms with E-state index in [0.29, 0.717) is 17.2 Å². The molecule has 2 heterocycles. The van der Waals surface area contributed by atoms with Gasteiger partial charge in [0.2, 0.25) is 0 Å². The van der Waals surface area contributed by atoms with Gasteiger partial charge in [0.05, 0.1) is 24.4 Å². The molecule has 206 valence electrons. The summed E-state index contributed by atoms with van der Waals surface area (Å²) in [6, 6.07) is 17.9. The highest BCUT2D eigenvalue weighted by Crippen LogP contribution is 2.39. The van der Waals surface area contributed by atoms with Crippen LogP contribution >= 0.6 is 46.6 Å². The topological polar surface area (TPSA) is 118 Å². The number of pyridine rings is 1. The fraction of sp³-hybridized carbons (Fsp3) is 0.296. The van der Waals surface area contributed by atoms with Crippen molar-refractivity contribution >= 4 is 58.4 Å². The molecule has 1 aromatic heterocycles. The number of nitrogens with zero attached hydrogens (tertiary/aromatic N) is 1. The lowest BCUT2D eigenvalue weighted by molar-refractivity contribution is -0.245. The molecule has 8 nitrogen and oxygen atoms in total. The van der Waals surface area contributed by atoms with Crippen LogP contribution in [-0.2, 0) is 27.4 Å². The summed E-state index contributed by atoms with van der Waals surface area (Å²) >= 11 is 18.1. The molecular formula is C27H25Cl3N2O6S. The number of carbonyl (C=O) groups is 2. The molecule has 1 aliphatic heterocycles. The number of carboxylic acid groups (broad SMARTS) is 1. The maximum atomic E-state index is 11.8. The maximum Gasteiger partial charge on any atom is 0.338 e. The van der Waals surface area contributed by atoms with Crippen LogP contribution in [0.2, 0.25) is 0 Å². The summed E-state index contributed by atoms with van der Waals surface area (Å²) in [5.74, 6) is -1.29. The van der Waals surface area contributed by atoms with Crippen LogP contribution in [0.15, 0.2) is 71.9 Å². The molecule has 1 saturated heterocycles. The van der Waals surface area contributed by atoms with Gasteiger partial charge in [-0.25, -0.2) is 9.78 Å². The van der Waals surface area contributed by atoms with Gasteiger partial charge in [0.25, 0.3) is 9.70 Å². The molecule has 39 heavy (non-hydrogen) atoms. The van der Waals surface area contributed by atoms with E-state index in [0.717, 1.165) is 22.3 Å². The van der Waals surface area contributed by atoms with Gasteiger partial charge in [-0.15, -0.1) is 11.8 Å². The molecule has 0 aliphatic carbocycles. The Hall–Kier alpha value is -2.37. The molecule has 12 heteroatoms. The third-order valence-corrected chi connectivity index (χ3v) is 7.64. The van der Waals surface area contributed by atoms with Crippen LogP contribution < -0.4 is 5.32 Å². The summed E-state index contributed by atoms with van der Waals surface area (Å²) in [7, 11) is 0. The number of aromatic carboxylic acids is 1. The minimum Gasteiger partial charge on any atom is -0.478 e. The first kappa shape index (κ1) is 29.6. The van der Waals surface area contributed by atoms with Gasteiger partial charge in [-0.05, 0) is 28.8 Å². The van der Waals surface area contributed by atoms with Gasteiger partial charge < -0.3 is 25.0 Å². The van der Waals surface area contributed by atoms with Gasteiger partial charge in [0, 0.05) is 30.5 Å². The summed E-state index contributed by atoms with van der Waals surface area (Å²) in [6.07, 6.45) is 0.833. The highest BCUT2D eigenvalue weighted by Gasteiger charge is 2.33. The zero-order chi connectivity index (χ0) is 28.0. The number of benzene rings is 2. The molecule has 0 spiro atoms. The highest BCUT2D eigenvalue weighted by atomic mass is 35.6. The molecule has 1 amide bonds. The number of ether oxygens (including phenoxy) is 2. The first-order chi connectivity index (χ1) is 18.6. The number of aliphatic hydroxyl groups is 1. The fourth-order valence-corrected chi connectivity index (χ4v) is 5.14. The van der Waals surface area contributed by atoms with Crippen molar-refractivity contribution in [3.05, 3.63) is 94.7 Å². The number of hydrogen-bond acceptors (Lipinski definition) is 7. The van der Waals surface area contributed by atoms with E-state index < -0.39 is 22.0 Å². The lowest BCUT2D eigenvalue weighted by Crippen LogP contribution is -2.34. The number of aliphatic hydroxyl groups excluding tert-OH is 1. The molecule has 0 radical (unpaired) electrons. The van der Waals surface area contributed by atoms with Gasteiger partial charge >= 0.3 is 5.97 Å². The van der Waals surface area contributed by atoms with Crippen LogP contribution in [0.5, 0.6) is 0 Å². The van der Waals surface area contributed by atoms with E-state index in [1.165, 1.54) is 17.8 Å². The standard InChI is InChI=1S/C27H25Cl3N2O6S/c28-27(29,30)26(36)32-13-16-3-9-19(10-4-16)25-37-20(15-39-23-21(24(34)35)2-1-11-31-23)12-22(38-25)18-7-5-17(14-33)6-8-18/h1-11,20,22,25,33H,12-15H2,(H,32,36)(H,34,35)/t20-,22+,25+/m1/s1. The lowest BCUT2D eigenvalue weighted by atomic mass is 10.0. The number of rotatable bonds is 9. The Morgan fingerprint density at radius 1 is 1.00 bits per heavy atom. The molecule has 0 unspecified atom stereocenters. The molecule has 3 atom stereocenters. The number of hydrogen-bond donors (Lipinski definition) is 3. The largest absolute Gasteiger partial charge is 0.478 e. The van der Waals surface area contributed by atoms with E-state index in [2.05, 4.69) is 10.3 Å². The smallest absolute Gasteiger partial charge is 0.338 e. The number of aromatic nitrogens is 1.